The van der Waals surface area contributed by atoms with E-state index in [4.69, 9.17) is 11.6 Å². The fraction of sp³-hybridized carbons (Fsp3) is 0.300. The summed E-state index contributed by atoms with van der Waals surface area (Å²) in [4.78, 5) is 24.2. The molecule has 2 rings (SSSR count). The molecule has 10 heteroatoms. The lowest BCUT2D eigenvalue weighted by Gasteiger charge is -2.18. The van der Waals surface area contributed by atoms with E-state index in [1.807, 2.05) is 6.26 Å². The van der Waals surface area contributed by atoms with Gasteiger partial charge in [0.05, 0.1) is 17.6 Å². The highest BCUT2D eigenvalue weighted by Crippen LogP contribution is 2.15. The molecule has 1 amide bonds. The number of amides is 1. The van der Waals surface area contributed by atoms with Gasteiger partial charge in [0.15, 0.2) is 0 Å². The second kappa shape index (κ2) is 11.4. The maximum Gasteiger partial charge on any atom is 0.337 e. The Hall–Kier alpha value is -2.07. The van der Waals surface area contributed by atoms with E-state index < -0.39 is 27.9 Å². The second-order valence-electron chi connectivity index (χ2n) is 6.32. The van der Waals surface area contributed by atoms with Crippen LogP contribution in [0.4, 0.5) is 0 Å². The molecule has 0 spiro atoms. The third kappa shape index (κ3) is 7.02. The van der Waals surface area contributed by atoms with Crippen LogP contribution in [0.25, 0.3) is 0 Å². The molecule has 0 bridgehead atoms. The predicted octanol–water partition coefficient (Wildman–Crippen LogP) is 2.84. The standard InChI is InChI=1S/C20H23ClN2O5S2/c1-28-20(25)15-5-3-14(4-6-15)13-22-19(24)18(11-12-29-2)23-30(26,27)17-9-7-16(21)8-10-17/h3-10,18,23H,11-13H2,1-2H3,(H,22,24). The van der Waals surface area contributed by atoms with E-state index in [9.17, 15) is 18.0 Å². The number of benzene rings is 2. The molecule has 0 heterocycles. The minimum atomic E-state index is -3.88. The first-order valence-corrected chi connectivity index (χ1v) is 12.2. The Labute approximate surface area is 185 Å². The number of methoxy groups -OCH3 is 1. The van der Waals surface area contributed by atoms with E-state index in [1.165, 1.54) is 43.1 Å². The lowest BCUT2D eigenvalue weighted by Crippen LogP contribution is -2.46. The SMILES string of the molecule is COC(=O)c1ccc(CNC(=O)C(CCSC)NS(=O)(=O)c2ccc(Cl)cc2)cc1. The van der Waals surface area contributed by atoms with Crippen molar-refractivity contribution in [3.8, 4) is 0 Å². The highest BCUT2D eigenvalue weighted by atomic mass is 35.5. The van der Waals surface area contributed by atoms with Crippen LogP contribution in [0.1, 0.15) is 22.3 Å². The summed E-state index contributed by atoms with van der Waals surface area (Å²) in [7, 11) is -2.58. The molecule has 1 atom stereocenters. The normalized spacial score (nSPS) is 12.2. The summed E-state index contributed by atoms with van der Waals surface area (Å²) < 4.78 is 32.4. The summed E-state index contributed by atoms with van der Waals surface area (Å²) >= 11 is 7.33. The molecule has 0 aliphatic rings. The Morgan fingerprint density at radius 2 is 1.73 bits per heavy atom. The van der Waals surface area contributed by atoms with Crippen molar-refractivity contribution in [2.45, 2.75) is 23.9 Å². The average molecular weight is 471 g/mol. The minimum absolute atomic E-state index is 0.0345. The molecule has 2 N–H and O–H groups in total. The van der Waals surface area contributed by atoms with E-state index in [-0.39, 0.29) is 11.4 Å². The van der Waals surface area contributed by atoms with Gasteiger partial charge in [-0.1, -0.05) is 23.7 Å². The Morgan fingerprint density at radius 3 is 2.30 bits per heavy atom. The van der Waals surface area contributed by atoms with Crippen molar-refractivity contribution in [2.24, 2.45) is 0 Å². The highest BCUT2D eigenvalue weighted by molar-refractivity contribution is 7.98. The van der Waals surface area contributed by atoms with Gasteiger partial charge in [-0.3, -0.25) is 4.79 Å². The number of carbonyl (C=O) groups excluding carboxylic acids is 2. The first-order valence-electron chi connectivity index (χ1n) is 8.98. The van der Waals surface area contributed by atoms with Crippen LogP contribution in [0.3, 0.4) is 0 Å². The van der Waals surface area contributed by atoms with Crippen LogP contribution in [-0.2, 0) is 26.1 Å². The number of carbonyl (C=O) groups is 2. The van der Waals surface area contributed by atoms with Crippen LogP contribution in [0.15, 0.2) is 53.4 Å². The van der Waals surface area contributed by atoms with E-state index in [1.54, 1.807) is 24.3 Å². The Bertz CT molecular complexity index is 964. The molecule has 0 radical (unpaired) electrons. The van der Waals surface area contributed by atoms with Gasteiger partial charge in [0.2, 0.25) is 15.9 Å². The van der Waals surface area contributed by atoms with Crippen molar-refractivity contribution in [3.63, 3.8) is 0 Å². The Morgan fingerprint density at radius 1 is 1.10 bits per heavy atom. The molecule has 162 valence electrons. The van der Waals surface area contributed by atoms with Crippen molar-refractivity contribution in [1.82, 2.24) is 10.0 Å². The van der Waals surface area contributed by atoms with E-state index in [2.05, 4.69) is 14.8 Å². The Kier molecular flexibility index (Phi) is 9.16. The number of hydrogen-bond acceptors (Lipinski definition) is 6. The van der Waals surface area contributed by atoms with Gasteiger partial charge >= 0.3 is 5.97 Å². The first-order chi connectivity index (χ1) is 14.3. The summed E-state index contributed by atoms with van der Waals surface area (Å²) in [6, 6.07) is 11.4. The number of sulfonamides is 1. The number of hydrogen-bond donors (Lipinski definition) is 2. The largest absolute Gasteiger partial charge is 0.465 e. The highest BCUT2D eigenvalue weighted by Gasteiger charge is 2.25. The fourth-order valence-corrected chi connectivity index (χ4v) is 4.36. The van der Waals surface area contributed by atoms with Gasteiger partial charge in [0.25, 0.3) is 0 Å². The van der Waals surface area contributed by atoms with Gasteiger partial charge in [0, 0.05) is 11.6 Å². The van der Waals surface area contributed by atoms with Crippen molar-refractivity contribution in [2.75, 3.05) is 19.1 Å². The van der Waals surface area contributed by atoms with Gasteiger partial charge in [-0.15, -0.1) is 0 Å². The van der Waals surface area contributed by atoms with Crippen molar-refractivity contribution in [3.05, 3.63) is 64.7 Å². The quantitative estimate of drug-likeness (QED) is 0.518. The molecule has 0 saturated carbocycles. The summed E-state index contributed by atoms with van der Waals surface area (Å²) in [6.45, 7) is 0.193. The topological polar surface area (TPSA) is 102 Å². The lowest BCUT2D eigenvalue weighted by atomic mass is 10.1. The number of thioether (sulfide) groups is 1. The number of nitrogens with one attached hydrogen (secondary N) is 2. The summed E-state index contributed by atoms with van der Waals surface area (Å²) in [5, 5.41) is 3.16. The third-order valence-corrected chi connectivity index (χ3v) is 6.57. The van der Waals surface area contributed by atoms with Gasteiger partial charge < -0.3 is 10.1 Å². The molecule has 30 heavy (non-hydrogen) atoms. The van der Waals surface area contributed by atoms with Crippen molar-refractivity contribution in [1.29, 1.82) is 0 Å². The number of ether oxygens (including phenoxy) is 1. The van der Waals surface area contributed by atoms with Gasteiger partial charge in [-0.05, 0) is 60.4 Å². The molecule has 2 aromatic rings. The Balaban J connectivity index is 2.05. The van der Waals surface area contributed by atoms with Crippen LogP contribution in [-0.4, -0.2) is 45.5 Å². The van der Waals surface area contributed by atoms with Crippen LogP contribution < -0.4 is 10.0 Å². The van der Waals surface area contributed by atoms with Crippen LogP contribution in [0.2, 0.25) is 5.02 Å². The summed E-state index contributed by atoms with van der Waals surface area (Å²) in [5.41, 5.74) is 1.17. The predicted molar refractivity (Wildman–Crippen MR) is 118 cm³/mol. The molecule has 0 fully saturated rings. The maximum absolute atomic E-state index is 12.7. The van der Waals surface area contributed by atoms with E-state index >= 15 is 0 Å². The van der Waals surface area contributed by atoms with Crippen molar-refractivity contribution < 1.29 is 22.7 Å². The number of halogens is 1. The second-order valence-corrected chi connectivity index (χ2v) is 9.45. The zero-order valence-electron chi connectivity index (χ0n) is 16.6. The zero-order valence-corrected chi connectivity index (χ0v) is 18.9. The van der Waals surface area contributed by atoms with Crippen LogP contribution in [0.5, 0.6) is 0 Å². The van der Waals surface area contributed by atoms with E-state index in [0.717, 1.165) is 5.56 Å². The minimum Gasteiger partial charge on any atom is -0.465 e. The maximum atomic E-state index is 12.7. The smallest absolute Gasteiger partial charge is 0.337 e. The van der Waals surface area contributed by atoms with Gasteiger partial charge in [0.1, 0.15) is 6.04 Å². The monoisotopic (exact) mass is 470 g/mol. The zero-order chi connectivity index (χ0) is 22.1. The molecular formula is C20H23ClN2O5S2. The lowest BCUT2D eigenvalue weighted by molar-refractivity contribution is -0.122. The van der Waals surface area contributed by atoms with Crippen molar-refractivity contribution >= 4 is 45.3 Å². The molecule has 0 aromatic heterocycles. The molecule has 1 unspecified atom stereocenters. The van der Waals surface area contributed by atoms with Crippen LogP contribution in [0, 0.1) is 0 Å². The third-order valence-electron chi connectivity index (χ3n) is 4.19. The van der Waals surface area contributed by atoms with E-state index in [0.29, 0.717) is 22.8 Å². The molecule has 0 saturated heterocycles. The molecule has 0 aliphatic carbocycles. The molecule has 2 aromatic carbocycles. The molecule has 0 aliphatic heterocycles. The summed E-state index contributed by atoms with van der Waals surface area (Å²) in [6.07, 6.45) is 2.21. The van der Waals surface area contributed by atoms with Gasteiger partial charge in [-0.25, -0.2) is 13.2 Å². The summed E-state index contributed by atoms with van der Waals surface area (Å²) in [5.74, 6) is -0.271. The molecular weight excluding hydrogens is 448 g/mol. The molecule has 7 nitrogen and oxygen atoms in total. The van der Waals surface area contributed by atoms with Gasteiger partial charge in [-0.2, -0.15) is 16.5 Å². The average Bonchev–Trinajstić information content (AvgIpc) is 2.75. The number of esters is 1. The first kappa shape index (κ1) is 24.2. The fourth-order valence-electron chi connectivity index (χ4n) is 2.54. The van der Waals surface area contributed by atoms with Crippen LogP contribution >= 0.6 is 23.4 Å². The number of rotatable bonds is 10.